The number of carboxylic acid groups (broad SMARTS) is 1. The van der Waals surface area contributed by atoms with Crippen LogP contribution in [0.25, 0.3) is 0 Å². The molecule has 0 heterocycles. The average Bonchev–Trinajstić information content (AvgIpc) is 2.87. The Morgan fingerprint density at radius 1 is 0.596 bits per heavy atom. The van der Waals surface area contributed by atoms with Gasteiger partial charge >= 0.3 is 0 Å². The molecule has 3 aromatic rings. The van der Waals surface area contributed by atoms with Crippen molar-refractivity contribution < 1.29 is 58.6 Å². The first-order chi connectivity index (χ1) is 21.2. The van der Waals surface area contributed by atoms with Crippen molar-refractivity contribution in [3.05, 3.63) is 72.8 Å². The number of amides is 2. The fourth-order valence-corrected chi connectivity index (χ4v) is 4.19. The summed E-state index contributed by atoms with van der Waals surface area (Å²) in [6.07, 6.45) is 0. The van der Waals surface area contributed by atoms with E-state index in [4.69, 9.17) is 35.4 Å². The van der Waals surface area contributed by atoms with Gasteiger partial charge in [-0.3, -0.25) is 28.3 Å². The van der Waals surface area contributed by atoms with E-state index in [1.807, 2.05) is 0 Å². The molecule has 16 nitrogen and oxygen atoms in total. The van der Waals surface area contributed by atoms with Crippen molar-refractivity contribution in [2.24, 2.45) is 0 Å². The van der Waals surface area contributed by atoms with E-state index < -0.39 is 35.3 Å². The van der Waals surface area contributed by atoms with Crippen molar-refractivity contribution >= 4 is 91.7 Å². The van der Waals surface area contributed by atoms with E-state index >= 15 is 0 Å². The van der Waals surface area contributed by atoms with E-state index in [0.29, 0.717) is 17.1 Å². The molecule has 47 heavy (non-hydrogen) atoms. The van der Waals surface area contributed by atoms with Gasteiger partial charge in [-0.1, -0.05) is 0 Å². The summed E-state index contributed by atoms with van der Waals surface area (Å²) in [5, 5.41) is 12.0. The predicted octanol–water partition coefficient (Wildman–Crippen LogP) is 3.84. The number of hydrogen-bond donors (Lipinski definition) is 6. The summed E-state index contributed by atoms with van der Waals surface area (Å²) in [5.74, 6) is -1.30. The Labute approximate surface area is 280 Å². The van der Waals surface area contributed by atoms with Crippen LogP contribution in [0.3, 0.4) is 0 Å². The van der Waals surface area contributed by atoms with Crippen LogP contribution in [0.1, 0.15) is 27.7 Å². The first-order valence-electron chi connectivity index (χ1n) is 12.1. The number of halogens is 2. The van der Waals surface area contributed by atoms with Crippen LogP contribution < -0.4 is 16.4 Å². The van der Waals surface area contributed by atoms with E-state index in [0.717, 1.165) is 6.92 Å². The normalized spacial score (nSPS) is 10.3. The molecule has 0 atom stereocenters. The lowest BCUT2D eigenvalue weighted by atomic mass is 10.3. The Bertz CT molecular complexity index is 1710. The Balaban J connectivity index is 0. The van der Waals surface area contributed by atoms with Gasteiger partial charge in [0, 0.05) is 55.4 Å². The monoisotopic (exact) mass is 759 g/mol. The lowest BCUT2D eigenvalue weighted by Crippen LogP contribution is -2.06. The van der Waals surface area contributed by atoms with Gasteiger partial charge < -0.3 is 21.5 Å². The van der Waals surface area contributed by atoms with Crippen molar-refractivity contribution in [1.82, 2.24) is 0 Å². The number of benzene rings is 3. The van der Waals surface area contributed by atoms with Crippen molar-refractivity contribution in [1.29, 1.82) is 0 Å². The number of hydrogen-bond acceptors (Lipinski definition) is 11. The number of nitrogens with one attached hydrogen (secondary N) is 2. The second kappa shape index (κ2) is 20.9. The minimum absolute atomic E-state index is 0.00766. The van der Waals surface area contributed by atoms with Crippen molar-refractivity contribution in [3.8, 4) is 0 Å². The van der Waals surface area contributed by atoms with Crippen LogP contribution in [-0.2, 0) is 48.5 Å². The summed E-state index contributed by atoms with van der Waals surface area (Å²) in [6.45, 7) is 5.09. The van der Waals surface area contributed by atoms with Gasteiger partial charge in [-0.05, 0) is 84.4 Å². The SMILES string of the molecule is CC(=O)Cl.CC(=O)Nc1ccc(S(=O)(=O)Cl)cc1.CC(=O)Nc1ccc(S(=O)(=O)O)cc1.CC(=O)O.Nc1ccc(S(=O)(=O)O)cc1. The molecule has 0 saturated heterocycles. The van der Waals surface area contributed by atoms with Gasteiger partial charge in [0.25, 0.3) is 35.3 Å². The van der Waals surface area contributed by atoms with E-state index in [1.165, 1.54) is 93.6 Å². The Kier molecular flexibility index (Phi) is 20.0. The van der Waals surface area contributed by atoms with Crippen molar-refractivity contribution in [2.45, 2.75) is 42.4 Å². The predicted molar refractivity (Wildman–Crippen MR) is 175 cm³/mol. The van der Waals surface area contributed by atoms with Gasteiger partial charge in [-0.15, -0.1) is 0 Å². The molecule has 0 aliphatic rings. The molecule has 0 saturated carbocycles. The van der Waals surface area contributed by atoms with Gasteiger partial charge in [-0.2, -0.15) is 16.8 Å². The van der Waals surface area contributed by atoms with E-state index in [1.54, 1.807) is 0 Å². The number of nitrogen functional groups attached to an aromatic ring is 1. The molecule has 2 amide bonds. The largest absolute Gasteiger partial charge is 0.481 e. The zero-order valence-electron chi connectivity index (χ0n) is 24.9. The highest BCUT2D eigenvalue weighted by atomic mass is 35.7. The third kappa shape index (κ3) is 24.8. The van der Waals surface area contributed by atoms with Gasteiger partial charge in [0.2, 0.25) is 17.1 Å². The Morgan fingerprint density at radius 3 is 1.04 bits per heavy atom. The minimum atomic E-state index is -4.16. The fraction of sp³-hybridized carbons (Fsp3) is 0.154. The molecule has 7 N–H and O–H groups in total. The molecule has 0 aliphatic carbocycles. The number of carboxylic acids is 1. The van der Waals surface area contributed by atoms with Crippen LogP contribution in [0.15, 0.2) is 87.5 Å². The lowest BCUT2D eigenvalue weighted by molar-refractivity contribution is -0.134. The van der Waals surface area contributed by atoms with E-state index in [-0.39, 0.29) is 31.7 Å². The summed E-state index contributed by atoms with van der Waals surface area (Å²) in [4.78, 5) is 39.1. The summed E-state index contributed by atoms with van der Waals surface area (Å²) in [7, 11) is -6.82. The smallest absolute Gasteiger partial charge is 0.300 e. The number of carbonyl (C=O) groups excluding carboxylic acids is 3. The zero-order valence-corrected chi connectivity index (χ0v) is 28.9. The highest BCUT2D eigenvalue weighted by molar-refractivity contribution is 8.13. The van der Waals surface area contributed by atoms with Crippen LogP contribution in [0.4, 0.5) is 17.1 Å². The molecular formula is C26H31Cl2N3O13S3. The molecule has 0 unspecified atom stereocenters. The summed E-state index contributed by atoms with van der Waals surface area (Å²) >= 11 is 4.64. The first kappa shape index (κ1) is 45.0. The standard InChI is InChI=1S/C8H8ClNO3S.C8H9NO4S.C6H7NO3S.C2H3ClO.C2H4O2/c1-6(11)10-7-2-4-8(5-3-7)14(9,12)13;1-6(10)9-7-2-4-8(5-3-7)14(11,12)13;7-5-1-3-6(4-2-5)11(8,9)10;2*1-2(3)4/h2-5H,1H3,(H,10,11);2-5H,1H3,(H,9,10)(H,11,12,13);1-4H,7H2,(H,8,9,10);1H3;1H3,(H,3,4). The molecule has 21 heteroatoms. The molecule has 260 valence electrons. The molecule has 3 rings (SSSR count). The first-order valence-corrected chi connectivity index (χ1v) is 17.7. The number of aliphatic carboxylic acids is 1. The highest BCUT2D eigenvalue weighted by Gasteiger charge is 2.10. The summed E-state index contributed by atoms with van der Waals surface area (Å²) in [5.41, 5.74) is 6.76. The molecule has 0 aliphatic heterocycles. The topological polar surface area (TPSA) is 281 Å². The highest BCUT2D eigenvalue weighted by Crippen LogP contribution is 2.17. The van der Waals surface area contributed by atoms with Crippen LogP contribution in [0.2, 0.25) is 0 Å². The summed E-state index contributed by atoms with van der Waals surface area (Å²) < 4.78 is 81.0. The van der Waals surface area contributed by atoms with Gasteiger partial charge in [0.05, 0.1) is 14.7 Å². The van der Waals surface area contributed by atoms with Crippen LogP contribution in [0, 0.1) is 0 Å². The second-order valence-electron chi connectivity index (χ2n) is 8.36. The van der Waals surface area contributed by atoms with Crippen LogP contribution in [-0.4, -0.2) is 62.5 Å². The summed E-state index contributed by atoms with van der Waals surface area (Å²) in [6, 6.07) is 16.1. The second-order valence-corrected chi connectivity index (χ2v) is 14.3. The van der Waals surface area contributed by atoms with Crippen LogP contribution in [0.5, 0.6) is 0 Å². The molecule has 0 fully saturated rings. The van der Waals surface area contributed by atoms with Gasteiger partial charge in [-0.25, -0.2) is 8.42 Å². The average molecular weight is 761 g/mol. The minimum Gasteiger partial charge on any atom is -0.481 e. The van der Waals surface area contributed by atoms with Gasteiger partial charge in [0.1, 0.15) is 0 Å². The molecule has 0 aromatic heterocycles. The maximum Gasteiger partial charge on any atom is 0.300 e. The maximum absolute atomic E-state index is 10.8. The maximum atomic E-state index is 10.8. The fourth-order valence-electron chi connectivity index (χ4n) is 2.46. The molecule has 0 spiro atoms. The molecule has 3 aromatic carbocycles. The van der Waals surface area contributed by atoms with Crippen molar-refractivity contribution in [3.63, 3.8) is 0 Å². The lowest BCUT2D eigenvalue weighted by Gasteiger charge is -2.01. The Hall–Kier alpha value is -4.11. The van der Waals surface area contributed by atoms with E-state index in [9.17, 15) is 39.6 Å². The number of nitrogens with two attached hydrogens (primary N) is 1. The molecular weight excluding hydrogens is 729 g/mol. The van der Waals surface area contributed by atoms with Gasteiger partial charge in [0.15, 0.2) is 0 Å². The Morgan fingerprint density at radius 2 is 0.830 bits per heavy atom. The zero-order chi connectivity index (χ0) is 37.2. The third-order valence-corrected chi connectivity index (χ3v) is 7.21. The number of carbonyl (C=O) groups is 4. The van der Waals surface area contributed by atoms with Crippen LogP contribution >= 0.6 is 22.3 Å². The third-order valence-electron chi connectivity index (χ3n) is 4.11. The number of anilines is 3. The molecule has 0 radical (unpaired) electrons. The number of rotatable bonds is 5. The van der Waals surface area contributed by atoms with Crippen molar-refractivity contribution in [2.75, 3.05) is 16.4 Å². The van der Waals surface area contributed by atoms with E-state index in [2.05, 4.69) is 22.2 Å². The quantitative estimate of drug-likeness (QED) is 0.122. The molecule has 0 bridgehead atoms.